The summed E-state index contributed by atoms with van der Waals surface area (Å²) in [5.74, 6) is 1.89. The number of aromatic nitrogens is 4. The van der Waals surface area contributed by atoms with Crippen molar-refractivity contribution in [3.63, 3.8) is 0 Å². The third-order valence-electron chi connectivity index (χ3n) is 3.54. The number of imidazole rings is 1. The summed E-state index contributed by atoms with van der Waals surface area (Å²) >= 11 is 0. The van der Waals surface area contributed by atoms with Crippen LogP contribution in [0.4, 0.5) is 5.82 Å². The van der Waals surface area contributed by atoms with Crippen LogP contribution in [0.3, 0.4) is 0 Å². The van der Waals surface area contributed by atoms with Crippen molar-refractivity contribution in [3.8, 4) is 11.3 Å². The molecule has 0 amide bonds. The summed E-state index contributed by atoms with van der Waals surface area (Å²) in [4.78, 5) is 4.57. The molecule has 2 aromatic heterocycles. The van der Waals surface area contributed by atoms with E-state index in [1.54, 1.807) is 0 Å². The minimum Gasteiger partial charge on any atom is -0.372 e. The number of fused-ring (bicyclic) bond motifs is 1. The molecule has 98 valence electrons. The van der Waals surface area contributed by atoms with Gasteiger partial charge in [0.25, 0.3) is 0 Å². The van der Waals surface area contributed by atoms with Gasteiger partial charge in [-0.05, 0) is 19.1 Å². The molecule has 5 heteroatoms. The largest absolute Gasteiger partial charge is 0.372 e. The van der Waals surface area contributed by atoms with E-state index < -0.39 is 0 Å². The molecule has 2 heterocycles. The minimum atomic E-state index is 0.870. The van der Waals surface area contributed by atoms with Gasteiger partial charge in [0.15, 0.2) is 0 Å². The summed E-state index contributed by atoms with van der Waals surface area (Å²) in [6, 6.07) is 8.37. The summed E-state index contributed by atoms with van der Waals surface area (Å²) < 4.78 is 3.98. The molecule has 0 bridgehead atoms. The first kappa shape index (κ1) is 11.8. The quantitative estimate of drug-likeness (QED) is 0.764. The number of rotatable bonds is 2. The van der Waals surface area contributed by atoms with Gasteiger partial charge in [-0.2, -0.15) is 5.10 Å². The molecule has 0 aliphatic carbocycles. The van der Waals surface area contributed by atoms with Crippen LogP contribution in [-0.4, -0.2) is 26.4 Å². The molecule has 0 aliphatic rings. The zero-order chi connectivity index (χ0) is 13.6. The predicted octanol–water partition coefficient (Wildman–Crippen LogP) is 2.32. The molecular weight excluding hydrogens is 238 g/mol. The second-order valence-corrected chi connectivity index (χ2v) is 4.71. The van der Waals surface area contributed by atoms with E-state index >= 15 is 0 Å². The maximum atomic E-state index is 4.57. The van der Waals surface area contributed by atoms with Crippen molar-refractivity contribution < 1.29 is 0 Å². The topological polar surface area (TPSA) is 47.7 Å². The van der Waals surface area contributed by atoms with Crippen LogP contribution in [0.1, 0.15) is 5.82 Å². The van der Waals surface area contributed by atoms with Gasteiger partial charge in [-0.3, -0.25) is 4.68 Å². The predicted molar refractivity (Wildman–Crippen MR) is 77.2 cm³/mol. The van der Waals surface area contributed by atoms with E-state index in [0.29, 0.717) is 0 Å². The number of hydrogen-bond donors (Lipinski definition) is 1. The lowest BCUT2D eigenvalue weighted by Crippen LogP contribution is -1.95. The van der Waals surface area contributed by atoms with Crippen molar-refractivity contribution in [2.24, 2.45) is 14.1 Å². The molecule has 0 saturated carbocycles. The van der Waals surface area contributed by atoms with Crippen LogP contribution in [0, 0.1) is 6.92 Å². The smallest absolute Gasteiger partial charge is 0.148 e. The fourth-order valence-electron chi connectivity index (χ4n) is 2.34. The maximum absolute atomic E-state index is 4.57. The van der Waals surface area contributed by atoms with Gasteiger partial charge in [0.2, 0.25) is 0 Å². The summed E-state index contributed by atoms with van der Waals surface area (Å²) in [6.45, 7) is 2.02. The molecule has 3 rings (SSSR count). The van der Waals surface area contributed by atoms with E-state index in [1.807, 2.05) is 38.8 Å². The van der Waals surface area contributed by atoms with Crippen molar-refractivity contribution in [1.82, 2.24) is 19.3 Å². The molecule has 0 spiro atoms. The number of nitrogens with zero attached hydrogens (tertiary/aromatic N) is 4. The third kappa shape index (κ3) is 1.78. The Labute approximate surface area is 111 Å². The highest BCUT2D eigenvalue weighted by atomic mass is 15.3. The SMILES string of the molecule is CNc1cc(-c2ccc3c(c2)nc(C)n3C)n(C)n1. The van der Waals surface area contributed by atoms with Gasteiger partial charge in [-0.25, -0.2) is 4.98 Å². The highest BCUT2D eigenvalue weighted by molar-refractivity contribution is 5.82. The number of benzene rings is 1. The Morgan fingerprint density at radius 2 is 1.95 bits per heavy atom. The molecule has 1 N–H and O–H groups in total. The molecule has 19 heavy (non-hydrogen) atoms. The Morgan fingerprint density at radius 3 is 2.63 bits per heavy atom. The van der Waals surface area contributed by atoms with E-state index in [0.717, 1.165) is 33.9 Å². The Morgan fingerprint density at radius 1 is 1.16 bits per heavy atom. The number of anilines is 1. The summed E-state index contributed by atoms with van der Waals surface area (Å²) in [5.41, 5.74) is 4.37. The zero-order valence-electron chi connectivity index (χ0n) is 11.6. The van der Waals surface area contributed by atoms with Crippen LogP contribution in [0.25, 0.3) is 22.3 Å². The Bertz CT molecular complexity index is 751. The zero-order valence-corrected chi connectivity index (χ0v) is 11.6. The summed E-state index contributed by atoms with van der Waals surface area (Å²) in [7, 11) is 5.86. The first-order chi connectivity index (χ1) is 9.10. The van der Waals surface area contributed by atoms with Gasteiger partial charge in [0.05, 0.1) is 16.7 Å². The fourth-order valence-corrected chi connectivity index (χ4v) is 2.34. The Kier molecular flexibility index (Phi) is 2.55. The molecule has 0 atom stereocenters. The maximum Gasteiger partial charge on any atom is 0.148 e. The average Bonchev–Trinajstić information content (AvgIpc) is 2.91. The Balaban J connectivity index is 2.17. The van der Waals surface area contributed by atoms with E-state index in [-0.39, 0.29) is 0 Å². The van der Waals surface area contributed by atoms with Crippen molar-refractivity contribution in [2.45, 2.75) is 6.92 Å². The fraction of sp³-hybridized carbons (Fsp3) is 0.286. The highest BCUT2D eigenvalue weighted by Gasteiger charge is 2.10. The average molecular weight is 255 g/mol. The van der Waals surface area contributed by atoms with Crippen molar-refractivity contribution in [3.05, 3.63) is 30.1 Å². The van der Waals surface area contributed by atoms with Gasteiger partial charge in [-0.1, -0.05) is 6.07 Å². The molecule has 0 aliphatic heterocycles. The van der Waals surface area contributed by atoms with Crippen LogP contribution in [0.5, 0.6) is 0 Å². The summed E-state index contributed by atoms with van der Waals surface area (Å²) in [6.07, 6.45) is 0. The lowest BCUT2D eigenvalue weighted by molar-refractivity contribution is 0.779. The second kappa shape index (κ2) is 4.12. The monoisotopic (exact) mass is 255 g/mol. The van der Waals surface area contributed by atoms with Gasteiger partial charge < -0.3 is 9.88 Å². The number of aryl methyl sites for hydroxylation is 3. The molecule has 0 fully saturated rings. The first-order valence-corrected chi connectivity index (χ1v) is 6.25. The molecule has 0 unspecified atom stereocenters. The Hall–Kier alpha value is -2.30. The third-order valence-corrected chi connectivity index (χ3v) is 3.54. The van der Waals surface area contributed by atoms with Crippen molar-refractivity contribution >= 4 is 16.9 Å². The van der Waals surface area contributed by atoms with Crippen LogP contribution in [0.2, 0.25) is 0 Å². The van der Waals surface area contributed by atoms with Gasteiger partial charge in [0.1, 0.15) is 11.6 Å². The van der Waals surface area contributed by atoms with E-state index in [1.165, 1.54) is 0 Å². The normalized spacial score (nSPS) is 11.2. The second-order valence-electron chi connectivity index (χ2n) is 4.71. The van der Waals surface area contributed by atoms with E-state index in [2.05, 4.69) is 38.2 Å². The van der Waals surface area contributed by atoms with Crippen LogP contribution in [-0.2, 0) is 14.1 Å². The molecule has 0 radical (unpaired) electrons. The van der Waals surface area contributed by atoms with E-state index in [4.69, 9.17) is 0 Å². The van der Waals surface area contributed by atoms with Crippen LogP contribution in [0.15, 0.2) is 24.3 Å². The lowest BCUT2D eigenvalue weighted by atomic mass is 10.1. The summed E-state index contributed by atoms with van der Waals surface area (Å²) in [5, 5.41) is 7.44. The van der Waals surface area contributed by atoms with Crippen molar-refractivity contribution in [2.75, 3.05) is 12.4 Å². The molecular formula is C14H17N5. The number of hydrogen-bond acceptors (Lipinski definition) is 3. The van der Waals surface area contributed by atoms with Gasteiger partial charge in [-0.15, -0.1) is 0 Å². The van der Waals surface area contributed by atoms with Crippen LogP contribution < -0.4 is 5.32 Å². The van der Waals surface area contributed by atoms with Gasteiger partial charge in [0, 0.05) is 32.8 Å². The van der Waals surface area contributed by atoms with Gasteiger partial charge >= 0.3 is 0 Å². The molecule has 3 aromatic rings. The van der Waals surface area contributed by atoms with Crippen molar-refractivity contribution in [1.29, 1.82) is 0 Å². The van der Waals surface area contributed by atoms with Crippen LogP contribution >= 0.6 is 0 Å². The number of nitrogens with one attached hydrogen (secondary N) is 1. The molecule has 1 aromatic carbocycles. The standard InChI is InChI=1S/C14H17N5/c1-9-16-11-7-10(5-6-12(11)18(9)3)13-8-14(15-2)17-19(13)4/h5-8H,1-4H3,(H,15,17). The first-order valence-electron chi connectivity index (χ1n) is 6.25. The molecule has 5 nitrogen and oxygen atoms in total. The highest BCUT2D eigenvalue weighted by Crippen LogP contribution is 2.25. The molecule has 0 saturated heterocycles. The van der Waals surface area contributed by atoms with E-state index in [9.17, 15) is 0 Å². The lowest BCUT2D eigenvalue weighted by Gasteiger charge is -2.02. The minimum absolute atomic E-state index is 0.870.